The van der Waals surface area contributed by atoms with Crippen molar-refractivity contribution in [1.82, 2.24) is 10.9 Å². The largest absolute Gasteiger partial charge is 0.495 e. The number of ether oxygens (including phenoxy) is 2. The van der Waals surface area contributed by atoms with E-state index in [2.05, 4.69) is 21.7 Å². The Morgan fingerprint density at radius 3 is 1.46 bits per heavy atom. The van der Waals surface area contributed by atoms with E-state index in [0.29, 0.717) is 22.9 Å². The molecule has 2 amide bonds. The van der Waals surface area contributed by atoms with Crippen molar-refractivity contribution in [2.45, 2.75) is 0 Å². The minimum atomic E-state index is -0.872. The van der Waals surface area contributed by atoms with E-state index < -0.39 is 11.8 Å². The Bertz CT molecular complexity index is 659. The van der Waals surface area contributed by atoms with Gasteiger partial charge in [-0.3, -0.25) is 31.3 Å². The average molecular weight is 330 g/mol. The van der Waals surface area contributed by atoms with Crippen LogP contribution in [0.2, 0.25) is 0 Å². The van der Waals surface area contributed by atoms with Gasteiger partial charge in [-0.05, 0) is 24.3 Å². The maximum absolute atomic E-state index is 11.8. The van der Waals surface area contributed by atoms with Gasteiger partial charge in [0, 0.05) is 0 Å². The van der Waals surface area contributed by atoms with E-state index in [9.17, 15) is 9.59 Å². The molecule has 0 radical (unpaired) electrons. The first kappa shape index (κ1) is 16.9. The molecule has 0 saturated heterocycles. The fourth-order valence-electron chi connectivity index (χ4n) is 1.86. The van der Waals surface area contributed by atoms with Crippen molar-refractivity contribution in [2.75, 3.05) is 25.1 Å². The van der Waals surface area contributed by atoms with Crippen molar-refractivity contribution in [3.8, 4) is 11.5 Å². The SMILES string of the molecule is COc1ccccc1NNC(=O)C(=O)NNc1ccccc1OC. The fraction of sp³-hybridized carbons (Fsp3) is 0.125. The Balaban J connectivity index is 1.87. The van der Waals surface area contributed by atoms with Gasteiger partial charge in [0.1, 0.15) is 11.5 Å². The van der Waals surface area contributed by atoms with Gasteiger partial charge in [-0.2, -0.15) is 0 Å². The van der Waals surface area contributed by atoms with Crippen LogP contribution in [0.1, 0.15) is 0 Å². The first-order valence-corrected chi connectivity index (χ1v) is 7.04. The van der Waals surface area contributed by atoms with Crippen LogP contribution in [0, 0.1) is 0 Å². The Hall–Kier alpha value is -3.42. The molecule has 0 aromatic heterocycles. The van der Waals surface area contributed by atoms with Crippen LogP contribution in [-0.4, -0.2) is 26.0 Å². The molecule has 0 aliphatic rings. The molecule has 2 aromatic rings. The van der Waals surface area contributed by atoms with Gasteiger partial charge in [-0.25, -0.2) is 0 Å². The fourth-order valence-corrected chi connectivity index (χ4v) is 1.86. The summed E-state index contributed by atoms with van der Waals surface area (Å²) in [7, 11) is 3.01. The summed E-state index contributed by atoms with van der Waals surface area (Å²) >= 11 is 0. The summed E-state index contributed by atoms with van der Waals surface area (Å²) in [6.07, 6.45) is 0. The third-order valence-corrected chi connectivity index (χ3v) is 3.04. The highest BCUT2D eigenvalue weighted by molar-refractivity contribution is 6.35. The van der Waals surface area contributed by atoms with Gasteiger partial charge in [0.05, 0.1) is 25.6 Å². The number of carbonyl (C=O) groups is 2. The van der Waals surface area contributed by atoms with E-state index in [1.807, 2.05) is 0 Å². The number of rotatable bonds is 6. The third kappa shape index (κ3) is 4.29. The Morgan fingerprint density at radius 2 is 1.08 bits per heavy atom. The van der Waals surface area contributed by atoms with Crippen LogP contribution >= 0.6 is 0 Å². The number of benzene rings is 2. The summed E-state index contributed by atoms with van der Waals surface area (Å²) in [5.41, 5.74) is 10.9. The van der Waals surface area contributed by atoms with Crippen LogP contribution in [0.15, 0.2) is 48.5 Å². The number of hydrogen-bond donors (Lipinski definition) is 4. The van der Waals surface area contributed by atoms with Crippen molar-refractivity contribution in [3.63, 3.8) is 0 Å². The average Bonchev–Trinajstić information content (AvgIpc) is 2.64. The topological polar surface area (TPSA) is 101 Å². The van der Waals surface area contributed by atoms with Crippen molar-refractivity contribution in [2.24, 2.45) is 0 Å². The number of nitrogens with one attached hydrogen (secondary N) is 4. The Morgan fingerprint density at radius 1 is 0.708 bits per heavy atom. The van der Waals surface area contributed by atoms with Gasteiger partial charge in [-0.15, -0.1) is 0 Å². The molecule has 0 atom stereocenters. The smallest absolute Gasteiger partial charge is 0.329 e. The number of methoxy groups -OCH3 is 2. The Labute approximate surface area is 139 Å². The maximum Gasteiger partial charge on any atom is 0.329 e. The monoisotopic (exact) mass is 330 g/mol. The molecule has 0 saturated carbocycles. The highest BCUT2D eigenvalue weighted by atomic mass is 16.5. The van der Waals surface area contributed by atoms with Gasteiger partial charge in [0.2, 0.25) is 0 Å². The molecule has 0 aliphatic carbocycles. The molecule has 0 aliphatic heterocycles. The molecule has 8 nitrogen and oxygen atoms in total. The molecule has 0 bridgehead atoms. The Kier molecular flexibility index (Phi) is 5.84. The number of hydrogen-bond acceptors (Lipinski definition) is 6. The second-order valence-electron chi connectivity index (χ2n) is 4.56. The summed E-state index contributed by atoms with van der Waals surface area (Å²) in [4.78, 5) is 23.6. The lowest BCUT2D eigenvalue weighted by Gasteiger charge is -2.13. The highest BCUT2D eigenvalue weighted by Gasteiger charge is 2.14. The summed E-state index contributed by atoms with van der Waals surface area (Å²) in [6, 6.07) is 13.9. The minimum Gasteiger partial charge on any atom is -0.495 e. The first-order valence-electron chi connectivity index (χ1n) is 7.04. The van der Waals surface area contributed by atoms with Crippen molar-refractivity contribution in [3.05, 3.63) is 48.5 Å². The maximum atomic E-state index is 11.8. The van der Waals surface area contributed by atoms with Gasteiger partial charge >= 0.3 is 11.8 Å². The molecule has 0 heterocycles. The number of anilines is 2. The zero-order valence-electron chi connectivity index (χ0n) is 13.3. The quantitative estimate of drug-likeness (QED) is 0.470. The molecule has 4 N–H and O–H groups in total. The van der Waals surface area contributed by atoms with Gasteiger partial charge in [0.25, 0.3) is 0 Å². The van der Waals surface area contributed by atoms with E-state index >= 15 is 0 Å². The molecule has 0 fully saturated rings. The first-order chi connectivity index (χ1) is 11.7. The van der Waals surface area contributed by atoms with Crippen molar-refractivity contribution < 1.29 is 19.1 Å². The van der Waals surface area contributed by atoms with E-state index in [-0.39, 0.29) is 0 Å². The molecule has 2 rings (SSSR count). The summed E-state index contributed by atoms with van der Waals surface area (Å²) in [5.74, 6) is -0.678. The molecule has 0 unspecified atom stereocenters. The van der Waals surface area contributed by atoms with Crippen LogP contribution in [-0.2, 0) is 9.59 Å². The lowest BCUT2D eigenvalue weighted by Crippen LogP contribution is -2.44. The second-order valence-corrected chi connectivity index (χ2v) is 4.56. The standard InChI is InChI=1S/C16H18N4O4/c1-23-13-9-5-3-7-11(13)17-19-15(21)16(22)20-18-12-8-4-6-10-14(12)24-2/h3-10,17-18H,1-2H3,(H,19,21)(H,20,22). The predicted molar refractivity (Wildman–Crippen MR) is 89.5 cm³/mol. The van der Waals surface area contributed by atoms with Crippen LogP contribution in [0.3, 0.4) is 0 Å². The van der Waals surface area contributed by atoms with E-state index in [0.717, 1.165) is 0 Å². The zero-order valence-corrected chi connectivity index (χ0v) is 13.3. The van der Waals surface area contributed by atoms with E-state index in [4.69, 9.17) is 9.47 Å². The lowest BCUT2D eigenvalue weighted by molar-refractivity contribution is -0.138. The summed E-state index contributed by atoms with van der Waals surface area (Å²) < 4.78 is 10.3. The molecular formula is C16H18N4O4. The van der Waals surface area contributed by atoms with Crippen LogP contribution in [0.4, 0.5) is 11.4 Å². The molecule has 0 spiro atoms. The molecule has 126 valence electrons. The van der Waals surface area contributed by atoms with Crippen molar-refractivity contribution in [1.29, 1.82) is 0 Å². The van der Waals surface area contributed by atoms with Crippen LogP contribution in [0.5, 0.6) is 11.5 Å². The minimum absolute atomic E-state index is 0.527. The van der Waals surface area contributed by atoms with Gasteiger partial charge in [-0.1, -0.05) is 24.3 Å². The van der Waals surface area contributed by atoms with Gasteiger partial charge < -0.3 is 9.47 Å². The molecule has 24 heavy (non-hydrogen) atoms. The van der Waals surface area contributed by atoms with Crippen molar-refractivity contribution >= 4 is 23.2 Å². The molecular weight excluding hydrogens is 312 g/mol. The number of carbonyl (C=O) groups excluding carboxylic acids is 2. The molecule has 2 aromatic carbocycles. The highest BCUT2D eigenvalue weighted by Crippen LogP contribution is 2.22. The second kappa shape index (κ2) is 8.28. The zero-order chi connectivity index (χ0) is 17.4. The number of amides is 2. The predicted octanol–water partition coefficient (Wildman–Crippen LogP) is 1.29. The van der Waals surface area contributed by atoms with E-state index in [1.54, 1.807) is 48.5 Å². The van der Waals surface area contributed by atoms with Crippen LogP contribution < -0.4 is 31.2 Å². The van der Waals surface area contributed by atoms with E-state index in [1.165, 1.54) is 14.2 Å². The lowest BCUT2D eigenvalue weighted by atomic mass is 10.3. The van der Waals surface area contributed by atoms with Crippen LogP contribution in [0.25, 0.3) is 0 Å². The summed E-state index contributed by atoms with van der Waals surface area (Å²) in [5, 5.41) is 0. The number of para-hydroxylation sites is 4. The number of hydrazine groups is 2. The summed E-state index contributed by atoms with van der Waals surface area (Å²) in [6.45, 7) is 0. The van der Waals surface area contributed by atoms with Gasteiger partial charge in [0.15, 0.2) is 0 Å². The normalized spacial score (nSPS) is 9.58. The third-order valence-electron chi connectivity index (χ3n) is 3.04. The molecule has 8 heteroatoms.